The van der Waals surface area contributed by atoms with Crippen LogP contribution in [0.3, 0.4) is 0 Å². The summed E-state index contributed by atoms with van der Waals surface area (Å²) in [5.41, 5.74) is 2.43. The number of ether oxygens (including phenoxy) is 1. The highest BCUT2D eigenvalue weighted by Gasteiger charge is 2.19. The zero-order chi connectivity index (χ0) is 16.7. The van der Waals surface area contributed by atoms with Gasteiger partial charge in [0, 0.05) is 18.7 Å². The number of carboxylic acids is 1. The van der Waals surface area contributed by atoms with Crippen LogP contribution in [0.25, 0.3) is 0 Å². The third-order valence-electron chi connectivity index (χ3n) is 3.28. The Balaban J connectivity index is 1.83. The maximum absolute atomic E-state index is 11.6. The van der Waals surface area contributed by atoms with E-state index in [9.17, 15) is 14.4 Å². The molecular weight excluding hydrogens is 302 g/mol. The van der Waals surface area contributed by atoms with Crippen LogP contribution in [0, 0.1) is 0 Å². The van der Waals surface area contributed by atoms with Crippen LogP contribution in [0.15, 0.2) is 29.4 Å². The molecule has 122 valence electrons. The maximum Gasteiger partial charge on any atom is 0.336 e. The summed E-state index contributed by atoms with van der Waals surface area (Å²) in [5.74, 6) is -2.84. The van der Waals surface area contributed by atoms with Crippen molar-refractivity contribution < 1.29 is 24.2 Å². The lowest BCUT2D eigenvalue weighted by molar-refractivity contribution is -0.139. The minimum atomic E-state index is -1.10. The van der Waals surface area contributed by atoms with Crippen molar-refractivity contribution in [2.75, 3.05) is 13.2 Å². The van der Waals surface area contributed by atoms with Crippen molar-refractivity contribution in [3.05, 3.63) is 35.4 Å². The highest BCUT2D eigenvalue weighted by molar-refractivity contribution is 6.35. The summed E-state index contributed by atoms with van der Waals surface area (Å²) in [6.07, 6.45) is 2.92. The molecule has 1 fully saturated rings. The first kappa shape index (κ1) is 16.6. The third-order valence-corrected chi connectivity index (χ3v) is 3.28. The van der Waals surface area contributed by atoms with Gasteiger partial charge in [0.15, 0.2) is 0 Å². The number of rotatable bonds is 5. The van der Waals surface area contributed by atoms with Gasteiger partial charge in [0.05, 0.1) is 17.9 Å². The SMILES string of the molecule is O=C(NCC1CCCO1)C(=O)NN=Cc1ccccc1C(=O)O. The molecule has 3 N–H and O–H groups in total. The Hall–Kier alpha value is -2.74. The molecule has 1 saturated heterocycles. The summed E-state index contributed by atoms with van der Waals surface area (Å²) in [6, 6.07) is 6.18. The first-order valence-corrected chi connectivity index (χ1v) is 7.13. The Morgan fingerprint density at radius 1 is 1.30 bits per heavy atom. The van der Waals surface area contributed by atoms with Gasteiger partial charge >= 0.3 is 17.8 Å². The lowest BCUT2D eigenvalue weighted by Gasteiger charge is -2.09. The van der Waals surface area contributed by atoms with Crippen LogP contribution < -0.4 is 10.7 Å². The molecule has 1 aliphatic heterocycles. The van der Waals surface area contributed by atoms with Crippen LogP contribution in [0.2, 0.25) is 0 Å². The van der Waals surface area contributed by atoms with E-state index in [4.69, 9.17) is 9.84 Å². The molecule has 2 rings (SSSR count). The minimum Gasteiger partial charge on any atom is -0.478 e. The second-order valence-corrected chi connectivity index (χ2v) is 4.94. The standard InChI is InChI=1S/C15H17N3O5/c19-13(16-9-11-5-3-7-23-11)14(20)18-17-8-10-4-1-2-6-12(10)15(21)22/h1-2,4,6,8,11H,3,5,7,9H2,(H,16,19)(H,18,20)(H,21,22). The summed E-state index contributed by atoms with van der Waals surface area (Å²) < 4.78 is 5.33. The molecule has 1 heterocycles. The van der Waals surface area contributed by atoms with E-state index in [1.165, 1.54) is 18.3 Å². The number of nitrogens with one attached hydrogen (secondary N) is 2. The average Bonchev–Trinajstić information content (AvgIpc) is 3.06. The molecular formula is C15H17N3O5. The summed E-state index contributed by atoms with van der Waals surface area (Å²) in [4.78, 5) is 34.1. The van der Waals surface area contributed by atoms with E-state index < -0.39 is 17.8 Å². The smallest absolute Gasteiger partial charge is 0.336 e. The Bertz CT molecular complexity index is 623. The topological polar surface area (TPSA) is 117 Å². The molecule has 1 atom stereocenters. The van der Waals surface area contributed by atoms with Gasteiger partial charge in [-0.05, 0) is 18.9 Å². The van der Waals surface area contributed by atoms with E-state index in [2.05, 4.69) is 15.8 Å². The van der Waals surface area contributed by atoms with Crippen molar-refractivity contribution in [2.45, 2.75) is 18.9 Å². The monoisotopic (exact) mass is 319 g/mol. The second-order valence-electron chi connectivity index (χ2n) is 4.94. The molecule has 0 radical (unpaired) electrons. The van der Waals surface area contributed by atoms with E-state index in [0.29, 0.717) is 12.2 Å². The van der Waals surface area contributed by atoms with Crippen molar-refractivity contribution in [3.8, 4) is 0 Å². The van der Waals surface area contributed by atoms with Crippen LogP contribution >= 0.6 is 0 Å². The summed E-state index contributed by atoms with van der Waals surface area (Å²) in [6.45, 7) is 0.942. The van der Waals surface area contributed by atoms with Crippen LogP contribution in [-0.2, 0) is 14.3 Å². The van der Waals surface area contributed by atoms with Crippen LogP contribution in [0.4, 0.5) is 0 Å². The van der Waals surface area contributed by atoms with E-state index in [1.807, 2.05) is 0 Å². The molecule has 1 unspecified atom stereocenters. The van der Waals surface area contributed by atoms with Crippen molar-refractivity contribution in [3.63, 3.8) is 0 Å². The zero-order valence-corrected chi connectivity index (χ0v) is 12.3. The van der Waals surface area contributed by atoms with Gasteiger partial charge in [-0.3, -0.25) is 9.59 Å². The lowest BCUT2D eigenvalue weighted by atomic mass is 10.1. The third kappa shape index (κ3) is 4.89. The number of hydrazone groups is 1. The van der Waals surface area contributed by atoms with E-state index in [1.54, 1.807) is 12.1 Å². The molecule has 8 heteroatoms. The molecule has 2 amide bonds. The number of aromatic carboxylic acids is 1. The fourth-order valence-corrected chi connectivity index (χ4v) is 2.11. The normalized spacial score (nSPS) is 17.1. The Morgan fingerprint density at radius 3 is 2.78 bits per heavy atom. The molecule has 23 heavy (non-hydrogen) atoms. The molecule has 0 aromatic heterocycles. The first-order chi connectivity index (χ1) is 11.1. The minimum absolute atomic E-state index is 0.0494. The first-order valence-electron chi connectivity index (χ1n) is 7.13. The molecule has 0 saturated carbocycles. The summed E-state index contributed by atoms with van der Waals surface area (Å²) in [7, 11) is 0. The van der Waals surface area contributed by atoms with Gasteiger partial charge in [-0.15, -0.1) is 0 Å². The fraction of sp³-hybridized carbons (Fsp3) is 0.333. The van der Waals surface area contributed by atoms with Gasteiger partial charge < -0.3 is 15.2 Å². The molecule has 1 aliphatic rings. The van der Waals surface area contributed by atoms with Crippen molar-refractivity contribution in [1.82, 2.24) is 10.7 Å². The number of nitrogens with zero attached hydrogens (tertiary/aromatic N) is 1. The van der Waals surface area contributed by atoms with Gasteiger partial charge in [-0.25, -0.2) is 10.2 Å². The largest absolute Gasteiger partial charge is 0.478 e. The summed E-state index contributed by atoms with van der Waals surface area (Å²) in [5, 5.41) is 15.1. The molecule has 1 aromatic carbocycles. The molecule has 1 aromatic rings. The van der Waals surface area contributed by atoms with E-state index in [-0.39, 0.29) is 18.2 Å². The van der Waals surface area contributed by atoms with Crippen LogP contribution in [0.1, 0.15) is 28.8 Å². The number of carbonyl (C=O) groups excluding carboxylic acids is 2. The number of benzene rings is 1. The van der Waals surface area contributed by atoms with Crippen molar-refractivity contribution >= 4 is 24.0 Å². The number of carbonyl (C=O) groups is 3. The van der Waals surface area contributed by atoms with Crippen molar-refractivity contribution in [2.24, 2.45) is 5.10 Å². The highest BCUT2D eigenvalue weighted by atomic mass is 16.5. The van der Waals surface area contributed by atoms with E-state index >= 15 is 0 Å². The van der Waals surface area contributed by atoms with Gasteiger partial charge in [0.1, 0.15) is 0 Å². The molecule has 0 aliphatic carbocycles. The summed E-state index contributed by atoms with van der Waals surface area (Å²) >= 11 is 0. The van der Waals surface area contributed by atoms with Crippen molar-refractivity contribution in [1.29, 1.82) is 0 Å². The maximum atomic E-state index is 11.6. The van der Waals surface area contributed by atoms with Gasteiger partial charge in [0.2, 0.25) is 0 Å². The van der Waals surface area contributed by atoms with Gasteiger partial charge in [-0.2, -0.15) is 5.10 Å². The number of carboxylic acid groups (broad SMARTS) is 1. The van der Waals surface area contributed by atoms with Gasteiger partial charge in [-0.1, -0.05) is 18.2 Å². The molecule has 8 nitrogen and oxygen atoms in total. The number of hydrogen-bond donors (Lipinski definition) is 3. The predicted molar refractivity (Wildman–Crippen MR) is 81.1 cm³/mol. The van der Waals surface area contributed by atoms with Gasteiger partial charge in [0.25, 0.3) is 0 Å². The Kier molecular flexibility index (Phi) is 5.81. The quantitative estimate of drug-likeness (QED) is 0.405. The van der Waals surface area contributed by atoms with Crippen LogP contribution in [-0.4, -0.2) is 48.4 Å². The predicted octanol–water partition coefficient (Wildman–Crippen LogP) is 0.130. The highest BCUT2D eigenvalue weighted by Crippen LogP contribution is 2.10. The zero-order valence-electron chi connectivity index (χ0n) is 12.3. The number of amides is 2. The molecule has 0 spiro atoms. The molecule has 0 bridgehead atoms. The van der Waals surface area contributed by atoms with Crippen LogP contribution in [0.5, 0.6) is 0 Å². The fourth-order valence-electron chi connectivity index (χ4n) is 2.11. The Morgan fingerprint density at radius 2 is 2.09 bits per heavy atom. The second kappa shape index (κ2) is 8.04. The lowest BCUT2D eigenvalue weighted by Crippen LogP contribution is -2.41. The number of hydrogen-bond acceptors (Lipinski definition) is 5. The average molecular weight is 319 g/mol. The Labute approximate surface area is 132 Å². The van der Waals surface area contributed by atoms with E-state index in [0.717, 1.165) is 12.8 Å².